The number of likely N-dealkylation sites (tertiary alicyclic amines) is 2. The highest BCUT2D eigenvalue weighted by Gasteiger charge is 2.48. The number of rotatable bonds is 44. The summed E-state index contributed by atoms with van der Waals surface area (Å²) in [5.41, 5.74) is 6.55. The van der Waals surface area contributed by atoms with Gasteiger partial charge in [-0.15, -0.1) is 11.8 Å². The van der Waals surface area contributed by atoms with Crippen LogP contribution in [-0.2, 0) is 68.8 Å². The number of likely N-dealkylation sites (N-methyl/N-ethyl adjacent to an activating group) is 2. The van der Waals surface area contributed by atoms with E-state index >= 15 is 0 Å². The molecule has 2 heterocycles. The molecule has 0 bridgehead atoms. The second-order valence-corrected chi connectivity index (χ2v) is 30.8. The van der Waals surface area contributed by atoms with Crippen LogP contribution < -0.4 is 43.0 Å². The third-order valence-electron chi connectivity index (χ3n) is 20.3. The summed E-state index contributed by atoms with van der Waals surface area (Å²) >= 11 is 1.35. The maximum absolute atomic E-state index is 14.6. The second-order valence-electron chi connectivity index (χ2n) is 29.6. The number of nitrogens with two attached hydrogens (primary N) is 1. The predicted octanol–water partition coefficient (Wildman–Crippen LogP) is 6.49. The van der Waals surface area contributed by atoms with E-state index in [4.69, 9.17) is 19.9 Å². The smallest absolute Gasteiger partial charge is 0.408 e. The summed E-state index contributed by atoms with van der Waals surface area (Å²) in [4.78, 5) is 167. The lowest BCUT2D eigenvalue weighted by molar-refractivity contribution is -0.148. The fraction of sp³-hybridized carbons (Fsp3) is 0.680. The molecule has 2 aliphatic heterocycles. The molecule has 1 saturated carbocycles. The Morgan fingerprint density at radius 1 is 0.750 bits per heavy atom. The Labute approximate surface area is 618 Å². The number of carbonyl (C=O) groups excluding carboxylic acids is 11. The largest absolute Gasteiger partial charge is 0.481 e. The molecule has 3 aliphatic rings. The number of unbranched alkanes of at least 4 members (excludes halogenated alkanes) is 2. The lowest BCUT2D eigenvalue weighted by Gasteiger charge is -2.41. The standard InChI is InChI=1S/C75H118N12O16S/c1-16-47(8)65(85(13)72(98)62(45(4)5)82-70(96)64(46(6)7)84(11)12)55(101-14)39-58(89)86-38-24-28-54(86)66(102-15)48(9)67(93)78-49(10)63(51-25-19-17-20-26-51)83-74(100)103-42-50-30-32-52(33-31-50)79-68(94)53(27-23-36-77-73(76)99)80-69(95)61(44(2)3)81-57(88)29-21-18-22-37-87-59(90)40-56(71(87)97)104-43-75(34-35-75)41-60(91)92/h17,19-20,25-26,30-33,44-49,53-56,61-66H,16,18,21-24,27-29,34-43H2,1-15H3,(H,78,93)(H,79,94)(H,80,95)(H,81,88)(H,82,96)(H,83,100)(H,91,92)(H3,76,77,99)/t47-,48+,49+,53-,54-,55+,56?,61-,62-,63?,64-,65-,66+/m0/s1. The number of nitrogens with zero attached hydrogens (tertiary/aromatic N) is 4. The number of urea groups is 1. The van der Waals surface area contributed by atoms with Gasteiger partial charge in [-0.3, -0.25) is 57.7 Å². The Kier molecular flexibility index (Phi) is 34.8. The summed E-state index contributed by atoms with van der Waals surface area (Å²) in [7, 11) is 8.41. The molecule has 3 fully saturated rings. The molecule has 28 nitrogen and oxygen atoms in total. The number of carbonyl (C=O) groups is 12. The van der Waals surface area contributed by atoms with Crippen LogP contribution in [0.15, 0.2) is 54.6 Å². The highest BCUT2D eigenvalue weighted by atomic mass is 32.2. The van der Waals surface area contributed by atoms with Crippen molar-refractivity contribution in [3.63, 3.8) is 0 Å². The first-order valence-corrected chi connectivity index (χ1v) is 37.8. The molecule has 5 rings (SSSR count). The molecule has 1 aliphatic carbocycles. The molecular formula is C75H118N12O16S. The molecule has 29 heteroatoms. The summed E-state index contributed by atoms with van der Waals surface area (Å²) in [6.45, 7) is 19.3. The van der Waals surface area contributed by atoms with Crippen molar-refractivity contribution in [3.05, 3.63) is 65.7 Å². The SMILES string of the molecule is CC[C@H](C)[C@@H]([C@@H](CC(=O)N1CCC[C@H]1[C@H](OC)[C@@H](C)C(=O)N[C@H](C)C(NC(=O)OCc1ccc(NC(=O)[C@H](CCCNC(N)=O)NC(=O)[C@@H](NC(=O)CCCCCN2C(=O)CC(SCC3(CC(=O)O)CC3)C2=O)C(C)C)cc1)c1ccccc1)OC)N(C)C(=O)[C@@H](NC(=O)[C@H](C(C)C)N(C)C)C(C)C. The molecule has 0 spiro atoms. The fourth-order valence-corrected chi connectivity index (χ4v) is 15.4. The number of hydrogen-bond acceptors (Lipinski definition) is 17. The highest BCUT2D eigenvalue weighted by Crippen LogP contribution is 2.52. The molecule has 0 radical (unpaired) electrons. The van der Waals surface area contributed by atoms with Crippen LogP contribution in [-0.4, -0.2) is 216 Å². The highest BCUT2D eigenvalue weighted by molar-refractivity contribution is 8.00. The van der Waals surface area contributed by atoms with Gasteiger partial charge in [-0.25, -0.2) is 9.59 Å². The topological polar surface area (TPSA) is 376 Å². The first kappa shape index (κ1) is 86.7. The normalized spacial score (nSPS) is 18.8. The molecule has 2 aromatic rings. The molecule has 104 heavy (non-hydrogen) atoms. The molecule has 2 aromatic carbocycles. The molecule has 2 unspecified atom stereocenters. The molecule has 0 aromatic heterocycles. The van der Waals surface area contributed by atoms with Crippen molar-refractivity contribution in [2.24, 2.45) is 40.7 Å². The lowest BCUT2D eigenvalue weighted by Crippen LogP contribution is -2.59. The minimum Gasteiger partial charge on any atom is -0.481 e. The van der Waals surface area contributed by atoms with Gasteiger partial charge >= 0.3 is 18.1 Å². The number of anilines is 1. The summed E-state index contributed by atoms with van der Waals surface area (Å²) in [6, 6.07) is 8.85. The van der Waals surface area contributed by atoms with Gasteiger partial charge in [-0.05, 0) is 125 Å². The first-order valence-electron chi connectivity index (χ1n) is 36.8. The quantitative estimate of drug-likeness (QED) is 0.0253. The van der Waals surface area contributed by atoms with E-state index in [-0.39, 0.29) is 117 Å². The molecule has 580 valence electrons. The second kappa shape index (κ2) is 41.7. The number of thioether (sulfide) groups is 1. The van der Waals surface area contributed by atoms with Crippen LogP contribution >= 0.6 is 11.8 Å². The molecule has 10 N–H and O–H groups in total. The number of ether oxygens (including phenoxy) is 3. The van der Waals surface area contributed by atoms with Crippen molar-refractivity contribution in [1.29, 1.82) is 0 Å². The number of alkyl carbamates (subject to hydrolysis) is 1. The maximum Gasteiger partial charge on any atom is 0.408 e. The van der Waals surface area contributed by atoms with Gasteiger partial charge in [0.2, 0.25) is 53.2 Å². The fourth-order valence-electron chi connectivity index (χ4n) is 14.0. The molecule has 12 amide bonds. The van der Waals surface area contributed by atoms with Crippen LogP contribution in [0.25, 0.3) is 0 Å². The van der Waals surface area contributed by atoms with Crippen molar-refractivity contribution in [2.75, 3.05) is 66.1 Å². The molecule has 13 atom stereocenters. The zero-order valence-corrected chi connectivity index (χ0v) is 64.5. The lowest BCUT2D eigenvalue weighted by atomic mass is 9.89. The molecular weight excluding hydrogens is 1360 g/mol. The number of imide groups is 1. The first-order chi connectivity index (χ1) is 49.2. The number of aliphatic carboxylic acids is 1. The third-order valence-corrected chi connectivity index (χ3v) is 21.8. The van der Waals surface area contributed by atoms with Gasteiger partial charge in [-0.1, -0.05) is 118 Å². The summed E-state index contributed by atoms with van der Waals surface area (Å²) < 4.78 is 17.9. The van der Waals surface area contributed by atoms with Crippen LogP contribution in [0.4, 0.5) is 15.3 Å². The predicted molar refractivity (Wildman–Crippen MR) is 396 cm³/mol. The Bertz CT molecular complexity index is 3200. The minimum absolute atomic E-state index is 0.00701. The van der Waals surface area contributed by atoms with E-state index in [0.717, 1.165) is 12.8 Å². The van der Waals surface area contributed by atoms with E-state index in [1.54, 1.807) is 80.9 Å². The van der Waals surface area contributed by atoms with E-state index in [1.807, 2.05) is 78.7 Å². The zero-order chi connectivity index (χ0) is 77.3. The van der Waals surface area contributed by atoms with E-state index in [2.05, 4.69) is 37.2 Å². The van der Waals surface area contributed by atoms with Crippen LogP contribution in [0, 0.1) is 35.0 Å². The number of amides is 12. The van der Waals surface area contributed by atoms with E-state index in [9.17, 15) is 62.6 Å². The van der Waals surface area contributed by atoms with Crippen LogP contribution in [0.5, 0.6) is 0 Å². The van der Waals surface area contributed by atoms with Crippen LogP contribution in [0.2, 0.25) is 0 Å². The van der Waals surface area contributed by atoms with Crippen LogP contribution in [0.3, 0.4) is 0 Å². The van der Waals surface area contributed by atoms with Crippen molar-refractivity contribution in [1.82, 2.24) is 51.5 Å². The average molecular weight is 1480 g/mol. The van der Waals surface area contributed by atoms with E-state index < -0.39 is 113 Å². The van der Waals surface area contributed by atoms with Gasteiger partial charge in [0.1, 0.15) is 24.7 Å². The number of primary amides is 1. The summed E-state index contributed by atoms with van der Waals surface area (Å²) in [6.07, 6.45) is 3.08. The number of methoxy groups -OCH3 is 2. The van der Waals surface area contributed by atoms with E-state index in [1.165, 1.54) is 30.9 Å². The summed E-state index contributed by atoms with van der Waals surface area (Å²) in [5.74, 6) is -5.16. The van der Waals surface area contributed by atoms with Gasteiger partial charge in [0.25, 0.3) is 0 Å². The van der Waals surface area contributed by atoms with Gasteiger partial charge in [0.15, 0.2) is 0 Å². The van der Waals surface area contributed by atoms with Gasteiger partial charge < -0.3 is 72.1 Å². The van der Waals surface area contributed by atoms with E-state index in [0.29, 0.717) is 67.6 Å². The number of benzene rings is 2. The number of carboxylic acid groups (broad SMARTS) is 1. The van der Waals surface area contributed by atoms with Gasteiger partial charge in [0, 0.05) is 65.2 Å². The van der Waals surface area contributed by atoms with Crippen molar-refractivity contribution in [2.45, 2.75) is 232 Å². The average Bonchev–Trinajstić information content (AvgIpc) is 1.55. The molecule has 2 saturated heterocycles. The Balaban J connectivity index is 1.15. The Hall–Kier alpha value is -7.89. The van der Waals surface area contributed by atoms with Crippen molar-refractivity contribution in [3.8, 4) is 0 Å². The Morgan fingerprint density at radius 2 is 1.41 bits per heavy atom. The van der Waals surface area contributed by atoms with Gasteiger partial charge in [0.05, 0.1) is 66.4 Å². The zero-order valence-electron chi connectivity index (χ0n) is 63.7. The minimum atomic E-state index is -1.12. The van der Waals surface area contributed by atoms with Crippen molar-refractivity contribution < 1.29 is 76.9 Å². The number of hydrogen-bond donors (Lipinski definition) is 9. The number of nitrogens with one attached hydrogen (secondary N) is 7. The maximum atomic E-state index is 14.6. The van der Waals surface area contributed by atoms with Gasteiger partial charge in [-0.2, -0.15) is 0 Å². The van der Waals surface area contributed by atoms with Crippen LogP contribution in [0.1, 0.15) is 176 Å². The number of carboxylic acids is 1. The Morgan fingerprint density at radius 3 is 1.99 bits per heavy atom. The monoisotopic (exact) mass is 1470 g/mol. The van der Waals surface area contributed by atoms with Crippen molar-refractivity contribution >= 4 is 88.7 Å². The third kappa shape index (κ3) is 25.7. The summed E-state index contributed by atoms with van der Waals surface area (Å²) in [5, 5.41) is 28.6.